The first kappa shape index (κ1) is 26.5. The topological polar surface area (TPSA) is 78.4 Å². The van der Waals surface area contributed by atoms with Gasteiger partial charge < -0.3 is 15.7 Å². The van der Waals surface area contributed by atoms with Crippen LogP contribution in [0.15, 0.2) is 72.8 Å². The summed E-state index contributed by atoms with van der Waals surface area (Å²) in [5.74, 6) is -3.38. The Balaban J connectivity index is 0.000000509. The number of aliphatic carboxylic acids is 1. The van der Waals surface area contributed by atoms with Crippen molar-refractivity contribution < 1.29 is 32.3 Å². The highest BCUT2D eigenvalue weighted by molar-refractivity contribution is 6.04. The minimum absolute atomic E-state index is 0.260. The van der Waals surface area contributed by atoms with Crippen molar-refractivity contribution in [3.8, 4) is 11.1 Å². The number of hydrogen-bond donors (Lipinski definition) is 3. The van der Waals surface area contributed by atoms with Gasteiger partial charge in [0.25, 0.3) is 5.91 Å². The number of nitrogens with one attached hydrogen (secondary N) is 2. The second kappa shape index (κ2) is 11.9. The maximum absolute atomic E-state index is 13.0. The van der Waals surface area contributed by atoms with Gasteiger partial charge in [0.15, 0.2) is 0 Å². The molecule has 0 spiro atoms. The number of carbonyl (C=O) groups is 2. The molecule has 1 amide bonds. The van der Waals surface area contributed by atoms with Crippen molar-refractivity contribution in [3.63, 3.8) is 0 Å². The fraction of sp³-hybridized carbons (Fsp3) is 0.200. The molecule has 0 saturated carbocycles. The number of halogens is 4. The summed E-state index contributed by atoms with van der Waals surface area (Å²) < 4.78 is 44.7. The van der Waals surface area contributed by atoms with Gasteiger partial charge in [-0.05, 0) is 59.2 Å². The van der Waals surface area contributed by atoms with Crippen LogP contribution in [-0.2, 0) is 11.3 Å². The second-order valence-corrected chi connectivity index (χ2v) is 7.58. The summed E-state index contributed by atoms with van der Waals surface area (Å²) in [4.78, 5) is 21.1. The standard InChI is InChI=1S/C23H23FN2O.C2HF3O2/c1-16(2)25-15-17-4-3-5-20(14-17)18-8-12-22(13-9-18)26-23(27)19-6-10-21(24)11-7-19;3-2(4,5)1(6)7/h3-14,16,25H,15H2,1-2H3,(H,26,27);(H,6,7). The van der Waals surface area contributed by atoms with E-state index in [0.717, 1.165) is 17.7 Å². The Kier molecular flexibility index (Phi) is 9.32. The maximum Gasteiger partial charge on any atom is 0.490 e. The summed E-state index contributed by atoms with van der Waals surface area (Å²) in [5.41, 5.74) is 4.57. The third-order valence-corrected chi connectivity index (χ3v) is 4.47. The van der Waals surface area contributed by atoms with Gasteiger partial charge in [0.05, 0.1) is 0 Å². The van der Waals surface area contributed by atoms with Crippen LogP contribution >= 0.6 is 0 Å². The molecule has 3 aromatic carbocycles. The maximum atomic E-state index is 13.0. The number of carboxylic acids is 1. The van der Waals surface area contributed by atoms with Gasteiger partial charge in [-0.3, -0.25) is 4.79 Å². The van der Waals surface area contributed by atoms with E-state index < -0.39 is 12.1 Å². The quantitative estimate of drug-likeness (QED) is 0.389. The summed E-state index contributed by atoms with van der Waals surface area (Å²) in [7, 11) is 0. The molecular weight excluding hydrogens is 452 g/mol. The van der Waals surface area contributed by atoms with E-state index in [9.17, 15) is 22.4 Å². The van der Waals surface area contributed by atoms with Crippen molar-refractivity contribution >= 4 is 17.6 Å². The number of rotatable bonds is 6. The fourth-order valence-corrected chi connectivity index (χ4v) is 2.73. The predicted octanol–water partition coefficient (Wildman–Crippen LogP) is 5.88. The molecule has 0 atom stereocenters. The highest BCUT2D eigenvalue weighted by Gasteiger charge is 2.38. The number of anilines is 1. The van der Waals surface area contributed by atoms with Crippen LogP contribution in [0.4, 0.5) is 23.2 Å². The first-order chi connectivity index (χ1) is 16.0. The van der Waals surface area contributed by atoms with E-state index in [4.69, 9.17) is 9.90 Å². The monoisotopic (exact) mass is 476 g/mol. The summed E-state index contributed by atoms with van der Waals surface area (Å²) in [5, 5.41) is 13.4. The van der Waals surface area contributed by atoms with Crippen molar-refractivity contribution in [2.45, 2.75) is 32.6 Å². The Bertz CT molecular complexity index is 1100. The second-order valence-electron chi connectivity index (χ2n) is 7.58. The molecule has 0 unspecified atom stereocenters. The molecule has 0 bridgehead atoms. The smallest absolute Gasteiger partial charge is 0.475 e. The summed E-state index contributed by atoms with van der Waals surface area (Å²) in [6, 6.07) is 22.0. The van der Waals surface area contributed by atoms with E-state index in [1.165, 1.54) is 29.8 Å². The van der Waals surface area contributed by atoms with Crippen LogP contribution in [0.2, 0.25) is 0 Å². The zero-order valence-corrected chi connectivity index (χ0v) is 18.5. The van der Waals surface area contributed by atoms with Gasteiger partial charge in [-0.15, -0.1) is 0 Å². The fourth-order valence-electron chi connectivity index (χ4n) is 2.73. The molecule has 0 fully saturated rings. The van der Waals surface area contributed by atoms with E-state index in [1.807, 2.05) is 24.3 Å². The van der Waals surface area contributed by atoms with Crippen molar-refractivity contribution in [2.75, 3.05) is 5.32 Å². The van der Waals surface area contributed by atoms with Crippen molar-refractivity contribution in [3.05, 3.63) is 89.7 Å². The Labute approximate surface area is 194 Å². The number of hydrogen-bond acceptors (Lipinski definition) is 3. The molecule has 0 aliphatic heterocycles. The number of alkyl halides is 3. The van der Waals surface area contributed by atoms with Gasteiger partial charge >= 0.3 is 12.1 Å². The minimum Gasteiger partial charge on any atom is -0.475 e. The summed E-state index contributed by atoms with van der Waals surface area (Å²) >= 11 is 0. The van der Waals surface area contributed by atoms with Gasteiger partial charge in [0.1, 0.15) is 5.82 Å². The molecular formula is C25H24F4N2O3. The molecule has 5 nitrogen and oxygen atoms in total. The molecule has 34 heavy (non-hydrogen) atoms. The Hall–Kier alpha value is -3.72. The minimum atomic E-state index is -5.08. The van der Waals surface area contributed by atoms with Gasteiger partial charge in [-0.2, -0.15) is 13.2 Å². The molecule has 9 heteroatoms. The molecule has 3 aromatic rings. The molecule has 0 aromatic heterocycles. The van der Waals surface area contributed by atoms with Crippen LogP contribution in [-0.4, -0.2) is 29.2 Å². The molecule has 0 saturated heterocycles. The predicted molar refractivity (Wildman–Crippen MR) is 122 cm³/mol. The van der Waals surface area contributed by atoms with E-state index in [2.05, 4.69) is 48.7 Å². The normalized spacial score (nSPS) is 10.9. The largest absolute Gasteiger partial charge is 0.490 e. The molecule has 0 aliphatic carbocycles. The molecule has 180 valence electrons. The van der Waals surface area contributed by atoms with E-state index in [-0.39, 0.29) is 11.7 Å². The number of carboxylic acid groups (broad SMARTS) is 1. The summed E-state index contributed by atoms with van der Waals surface area (Å²) in [6.45, 7) is 5.09. The van der Waals surface area contributed by atoms with Gasteiger partial charge in [0.2, 0.25) is 0 Å². The molecule has 3 N–H and O–H groups in total. The lowest BCUT2D eigenvalue weighted by molar-refractivity contribution is -0.192. The van der Waals surface area contributed by atoms with Crippen LogP contribution in [0.3, 0.4) is 0 Å². The SMILES string of the molecule is CC(C)NCc1cccc(-c2ccc(NC(=O)c3ccc(F)cc3)cc2)c1.O=C(O)C(F)(F)F. The van der Waals surface area contributed by atoms with Gasteiger partial charge in [-0.25, -0.2) is 9.18 Å². The highest BCUT2D eigenvalue weighted by atomic mass is 19.4. The van der Waals surface area contributed by atoms with Crippen LogP contribution in [0.5, 0.6) is 0 Å². The van der Waals surface area contributed by atoms with Crippen molar-refractivity contribution in [1.29, 1.82) is 0 Å². The van der Waals surface area contributed by atoms with Gasteiger partial charge in [0, 0.05) is 23.8 Å². The molecule has 0 radical (unpaired) electrons. The molecule has 3 rings (SSSR count). The molecule has 0 aliphatic rings. The molecule has 0 heterocycles. The zero-order valence-electron chi connectivity index (χ0n) is 18.5. The zero-order chi connectivity index (χ0) is 25.3. The van der Waals surface area contributed by atoms with E-state index >= 15 is 0 Å². The lowest BCUT2D eigenvalue weighted by atomic mass is 10.0. The number of benzene rings is 3. The van der Waals surface area contributed by atoms with Crippen LogP contribution in [0, 0.1) is 5.82 Å². The summed E-state index contributed by atoms with van der Waals surface area (Å²) in [6.07, 6.45) is -5.08. The van der Waals surface area contributed by atoms with Crippen molar-refractivity contribution in [2.24, 2.45) is 0 Å². The van der Waals surface area contributed by atoms with E-state index in [0.29, 0.717) is 17.3 Å². The highest BCUT2D eigenvalue weighted by Crippen LogP contribution is 2.23. The Morgan fingerprint density at radius 1 is 0.912 bits per heavy atom. The number of amides is 1. The average molecular weight is 476 g/mol. The Morgan fingerprint density at radius 3 is 2.03 bits per heavy atom. The first-order valence-electron chi connectivity index (χ1n) is 10.3. The Morgan fingerprint density at radius 2 is 1.50 bits per heavy atom. The lowest BCUT2D eigenvalue weighted by Gasteiger charge is -2.10. The van der Waals surface area contributed by atoms with E-state index in [1.54, 1.807) is 0 Å². The first-order valence-corrected chi connectivity index (χ1v) is 10.3. The third-order valence-electron chi connectivity index (χ3n) is 4.47. The average Bonchev–Trinajstić information content (AvgIpc) is 2.78. The van der Waals surface area contributed by atoms with Crippen LogP contribution < -0.4 is 10.6 Å². The lowest BCUT2D eigenvalue weighted by Crippen LogP contribution is -2.21. The van der Waals surface area contributed by atoms with Crippen LogP contribution in [0.1, 0.15) is 29.8 Å². The van der Waals surface area contributed by atoms with Crippen LogP contribution in [0.25, 0.3) is 11.1 Å². The van der Waals surface area contributed by atoms with Crippen molar-refractivity contribution in [1.82, 2.24) is 5.32 Å². The third kappa shape index (κ3) is 8.67. The van der Waals surface area contributed by atoms with Gasteiger partial charge in [-0.1, -0.05) is 44.2 Å². The number of carbonyl (C=O) groups excluding carboxylic acids is 1.